The van der Waals surface area contributed by atoms with E-state index in [0.29, 0.717) is 0 Å². The van der Waals surface area contributed by atoms with Crippen molar-refractivity contribution >= 4 is 17.7 Å². The molecule has 0 saturated carbocycles. The maximum absolute atomic E-state index is 10.8. The number of fused-ring (bicyclic) bond motifs is 2. The average Bonchev–Trinajstić information content (AvgIpc) is 2.57. The van der Waals surface area contributed by atoms with E-state index >= 15 is 0 Å². The molecule has 2 aromatic carbocycles. The van der Waals surface area contributed by atoms with Gasteiger partial charge in [-0.05, 0) is 41.7 Å². The molecule has 0 spiro atoms. The first-order valence-electron chi connectivity index (χ1n) is 6.32. The second-order valence-electron chi connectivity index (χ2n) is 4.72. The molecule has 1 aliphatic heterocycles. The van der Waals surface area contributed by atoms with Gasteiger partial charge < -0.3 is 5.11 Å². The van der Waals surface area contributed by atoms with Gasteiger partial charge in [0, 0.05) is 9.79 Å². The molecule has 0 amide bonds. The van der Waals surface area contributed by atoms with Gasteiger partial charge in [0.05, 0.1) is 6.42 Å². The largest absolute Gasteiger partial charge is 0.481 e. The van der Waals surface area contributed by atoms with Gasteiger partial charge in [0.1, 0.15) is 0 Å². The topological polar surface area (TPSA) is 37.3 Å². The van der Waals surface area contributed by atoms with Gasteiger partial charge >= 0.3 is 5.97 Å². The Balaban J connectivity index is 1.95. The lowest BCUT2D eigenvalue weighted by atomic mass is 10.0. The lowest BCUT2D eigenvalue weighted by Gasteiger charge is -2.07. The molecule has 1 aliphatic rings. The summed E-state index contributed by atoms with van der Waals surface area (Å²) in [5.74, 6) is -0.774. The molecule has 2 nitrogen and oxygen atoms in total. The van der Waals surface area contributed by atoms with Crippen molar-refractivity contribution in [1.82, 2.24) is 0 Å². The molecular formula is C16H14O2S. The Labute approximate surface area is 116 Å². The molecular weight excluding hydrogens is 256 g/mol. The average molecular weight is 270 g/mol. The molecule has 0 radical (unpaired) electrons. The van der Waals surface area contributed by atoms with Crippen LogP contribution in [0.15, 0.2) is 52.3 Å². The third kappa shape index (κ3) is 2.66. The number of carboxylic acids is 1. The van der Waals surface area contributed by atoms with Gasteiger partial charge in [-0.15, -0.1) is 0 Å². The van der Waals surface area contributed by atoms with Crippen molar-refractivity contribution in [1.29, 1.82) is 0 Å². The van der Waals surface area contributed by atoms with Gasteiger partial charge in [-0.3, -0.25) is 4.79 Å². The fourth-order valence-corrected chi connectivity index (χ4v) is 3.52. The van der Waals surface area contributed by atoms with Crippen LogP contribution in [0.2, 0.25) is 0 Å². The number of hydrogen-bond acceptors (Lipinski definition) is 2. The van der Waals surface area contributed by atoms with E-state index in [1.54, 1.807) is 11.8 Å². The third-order valence-electron chi connectivity index (χ3n) is 3.34. The van der Waals surface area contributed by atoms with Gasteiger partial charge in [-0.25, -0.2) is 0 Å². The zero-order chi connectivity index (χ0) is 13.2. The number of carboxylic acid groups (broad SMARTS) is 1. The van der Waals surface area contributed by atoms with Crippen LogP contribution in [0.1, 0.15) is 16.7 Å². The smallest absolute Gasteiger partial charge is 0.307 e. The number of benzene rings is 2. The van der Waals surface area contributed by atoms with E-state index in [-0.39, 0.29) is 6.42 Å². The minimum absolute atomic E-state index is 0.102. The normalized spacial score (nSPS) is 13.3. The maximum atomic E-state index is 10.8. The first-order chi connectivity index (χ1) is 9.22. The quantitative estimate of drug-likeness (QED) is 0.906. The highest BCUT2D eigenvalue weighted by Gasteiger charge is 2.14. The molecule has 19 heavy (non-hydrogen) atoms. The summed E-state index contributed by atoms with van der Waals surface area (Å²) in [6, 6.07) is 14.5. The predicted molar refractivity (Wildman–Crippen MR) is 75.8 cm³/mol. The molecule has 0 aromatic heterocycles. The summed E-state index contributed by atoms with van der Waals surface area (Å²) < 4.78 is 0. The Bertz CT molecular complexity index is 634. The molecule has 3 rings (SSSR count). The second-order valence-corrected chi connectivity index (χ2v) is 5.81. The molecule has 0 atom stereocenters. The Morgan fingerprint density at radius 1 is 1.05 bits per heavy atom. The zero-order valence-electron chi connectivity index (χ0n) is 10.4. The summed E-state index contributed by atoms with van der Waals surface area (Å²) in [4.78, 5) is 13.3. The van der Waals surface area contributed by atoms with Crippen molar-refractivity contribution in [2.75, 3.05) is 0 Å². The Morgan fingerprint density at radius 2 is 1.79 bits per heavy atom. The molecule has 0 bridgehead atoms. The van der Waals surface area contributed by atoms with Crippen LogP contribution in [-0.2, 0) is 24.1 Å². The van der Waals surface area contributed by atoms with Gasteiger partial charge in [0.15, 0.2) is 0 Å². The molecule has 1 heterocycles. The van der Waals surface area contributed by atoms with E-state index in [1.165, 1.54) is 20.9 Å². The van der Waals surface area contributed by atoms with E-state index in [0.717, 1.165) is 18.4 Å². The standard InChI is InChI=1S/C16H14O2S/c17-16(18)10-11-5-8-15-13(9-11)7-6-12-3-1-2-4-14(12)19-15/h1-5,8-9H,6-7,10H2,(H,17,18). The molecule has 0 unspecified atom stereocenters. The number of aliphatic carboxylic acids is 1. The minimum atomic E-state index is -0.774. The number of hydrogen-bond donors (Lipinski definition) is 1. The molecule has 96 valence electrons. The number of aryl methyl sites for hydroxylation is 2. The monoisotopic (exact) mass is 270 g/mol. The Morgan fingerprint density at radius 3 is 2.63 bits per heavy atom. The van der Waals surface area contributed by atoms with Crippen molar-refractivity contribution in [2.24, 2.45) is 0 Å². The van der Waals surface area contributed by atoms with E-state index < -0.39 is 5.97 Å². The van der Waals surface area contributed by atoms with Crippen molar-refractivity contribution in [3.05, 3.63) is 59.2 Å². The van der Waals surface area contributed by atoms with E-state index in [1.807, 2.05) is 12.1 Å². The highest BCUT2D eigenvalue weighted by Crippen LogP contribution is 2.37. The zero-order valence-corrected chi connectivity index (χ0v) is 11.2. The SMILES string of the molecule is O=C(O)Cc1ccc2c(c1)CCc1ccccc1S2. The molecule has 0 fully saturated rings. The highest BCUT2D eigenvalue weighted by atomic mass is 32.2. The first-order valence-corrected chi connectivity index (χ1v) is 7.13. The minimum Gasteiger partial charge on any atom is -0.481 e. The molecule has 2 aromatic rings. The van der Waals surface area contributed by atoms with Crippen LogP contribution in [0.4, 0.5) is 0 Å². The van der Waals surface area contributed by atoms with Crippen LogP contribution in [0.5, 0.6) is 0 Å². The summed E-state index contributed by atoms with van der Waals surface area (Å²) in [5, 5.41) is 8.86. The summed E-state index contributed by atoms with van der Waals surface area (Å²) in [7, 11) is 0. The summed E-state index contributed by atoms with van der Waals surface area (Å²) in [6.45, 7) is 0. The van der Waals surface area contributed by atoms with E-state index in [2.05, 4.69) is 30.3 Å². The van der Waals surface area contributed by atoms with Crippen LogP contribution in [-0.4, -0.2) is 11.1 Å². The highest BCUT2D eigenvalue weighted by molar-refractivity contribution is 7.99. The van der Waals surface area contributed by atoms with Crippen LogP contribution < -0.4 is 0 Å². The Kier molecular flexibility index (Phi) is 3.30. The van der Waals surface area contributed by atoms with Gasteiger partial charge in [0.25, 0.3) is 0 Å². The van der Waals surface area contributed by atoms with Crippen molar-refractivity contribution in [3.8, 4) is 0 Å². The molecule has 1 N–H and O–H groups in total. The van der Waals surface area contributed by atoms with Crippen molar-refractivity contribution in [3.63, 3.8) is 0 Å². The van der Waals surface area contributed by atoms with Crippen LogP contribution >= 0.6 is 11.8 Å². The van der Waals surface area contributed by atoms with E-state index in [9.17, 15) is 4.79 Å². The molecule has 0 aliphatic carbocycles. The lowest BCUT2D eigenvalue weighted by Crippen LogP contribution is -2.01. The summed E-state index contributed by atoms with van der Waals surface area (Å²) >= 11 is 1.78. The first kappa shape index (κ1) is 12.3. The maximum Gasteiger partial charge on any atom is 0.307 e. The fourth-order valence-electron chi connectivity index (χ4n) is 2.41. The van der Waals surface area contributed by atoms with Gasteiger partial charge in [-0.1, -0.05) is 42.1 Å². The number of rotatable bonds is 2. The summed E-state index contributed by atoms with van der Waals surface area (Å²) in [5.41, 5.74) is 3.53. The predicted octanol–water partition coefficient (Wildman–Crippen LogP) is 3.56. The van der Waals surface area contributed by atoms with E-state index in [4.69, 9.17) is 5.11 Å². The van der Waals surface area contributed by atoms with Crippen LogP contribution in [0, 0.1) is 0 Å². The fraction of sp³-hybridized carbons (Fsp3) is 0.188. The van der Waals surface area contributed by atoms with Crippen molar-refractivity contribution < 1.29 is 9.90 Å². The molecule has 3 heteroatoms. The number of carbonyl (C=O) groups is 1. The summed E-state index contributed by atoms with van der Waals surface area (Å²) in [6.07, 6.45) is 2.10. The van der Waals surface area contributed by atoms with Crippen LogP contribution in [0.3, 0.4) is 0 Å². The van der Waals surface area contributed by atoms with Crippen LogP contribution in [0.25, 0.3) is 0 Å². The van der Waals surface area contributed by atoms with Crippen molar-refractivity contribution in [2.45, 2.75) is 29.1 Å². The lowest BCUT2D eigenvalue weighted by molar-refractivity contribution is -0.136. The van der Waals surface area contributed by atoms with Gasteiger partial charge in [-0.2, -0.15) is 0 Å². The third-order valence-corrected chi connectivity index (χ3v) is 4.57. The Hall–Kier alpha value is -1.74. The second kappa shape index (κ2) is 5.10. The molecule has 0 saturated heterocycles. The van der Waals surface area contributed by atoms with Gasteiger partial charge in [0.2, 0.25) is 0 Å².